The van der Waals surface area contributed by atoms with Crippen molar-refractivity contribution in [1.82, 2.24) is 4.98 Å². The van der Waals surface area contributed by atoms with E-state index in [1.54, 1.807) is 0 Å². The highest BCUT2D eigenvalue weighted by atomic mass is 15.1. The summed E-state index contributed by atoms with van der Waals surface area (Å²) in [7, 11) is 5.90. The van der Waals surface area contributed by atoms with Crippen LogP contribution in [0.2, 0.25) is 0 Å². The predicted octanol–water partition coefficient (Wildman–Crippen LogP) is 1.92. The molecule has 0 unspecified atom stereocenters. The second-order valence-corrected chi connectivity index (χ2v) is 3.95. The van der Waals surface area contributed by atoms with Gasteiger partial charge in [0, 0.05) is 44.0 Å². The van der Waals surface area contributed by atoms with Gasteiger partial charge >= 0.3 is 0 Å². The fourth-order valence-corrected chi connectivity index (χ4v) is 1.73. The van der Waals surface area contributed by atoms with Gasteiger partial charge in [0.1, 0.15) is 5.82 Å². The van der Waals surface area contributed by atoms with Crippen LogP contribution in [-0.4, -0.2) is 26.1 Å². The Hall–Kier alpha value is -1.97. The zero-order valence-corrected chi connectivity index (χ0v) is 9.78. The summed E-state index contributed by atoms with van der Waals surface area (Å²) in [6.45, 7) is 0. The third-order valence-electron chi connectivity index (χ3n) is 2.55. The first kappa shape index (κ1) is 10.5. The van der Waals surface area contributed by atoms with Crippen LogP contribution in [0.3, 0.4) is 0 Å². The third-order valence-corrected chi connectivity index (χ3v) is 2.55. The Morgan fingerprint density at radius 2 is 2.00 bits per heavy atom. The minimum Gasteiger partial charge on any atom is -0.399 e. The molecule has 2 aromatic rings. The van der Waals surface area contributed by atoms with Crippen LogP contribution in [-0.2, 0) is 0 Å². The summed E-state index contributed by atoms with van der Waals surface area (Å²) in [6.07, 6.45) is 0. The average Bonchev–Trinajstić information content (AvgIpc) is 2.26. The van der Waals surface area contributed by atoms with Crippen LogP contribution in [0.1, 0.15) is 0 Å². The number of benzene rings is 1. The van der Waals surface area contributed by atoms with Crippen LogP contribution < -0.4 is 16.0 Å². The predicted molar refractivity (Wildman–Crippen MR) is 70.0 cm³/mol. The topological polar surface area (TPSA) is 54.2 Å². The van der Waals surface area contributed by atoms with Crippen LogP contribution in [0.25, 0.3) is 10.9 Å². The fourth-order valence-electron chi connectivity index (χ4n) is 1.73. The van der Waals surface area contributed by atoms with E-state index < -0.39 is 0 Å². The van der Waals surface area contributed by atoms with E-state index in [9.17, 15) is 0 Å². The number of anilines is 3. The lowest BCUT2D eigenvalue weighted by Crippen LogP contribution is -2.10. The van der Waals surface area contributed by atoms with Gasteiger partial charge in [0.15, 0.2) is 0 Å². The first-order chi connectivity index (χ1) is 7.61. The molecule has 0 atom stereocenters. The molecule has 0 bridgehead atoms. The van der Waals surface area contributed by atoms with Crippen molar-refractivity contribution in [1.29, 1.82) is 0 Å². The first-order valence-electron chi connectivity index (χ1n) is 5.17. The summed E-state index contributed by atoms with van der Waals surface area (Å²) < 4.78 is 0. The van der Waals surface area contributed by atoms with Gasteiger partial charge in [-0.15, -0.1) is 0 Å². The minimum absolute atomic E-state index is 0.734. The number of nitrogens with one attached hydrogen (secondary N) is 1. The maximum absolute atomic E-state index is 5.77. The molecule has 0 saturated heterocycles. The summed E-state index contributed by atoms with van der Waals surface area (Å²) in [5.41, 5.74) is 8.55. The second kappa shape index (κ2) is 3.89. The molecule has 0 radical (unpaired) electrons. The average molecular weight is 216 g/mol. The summed E-state index contributed by atoms with van der Waals surface area (Å²) in [6, 6.07) is 7.82. The Kier molecular flexibility index (Phi) is 2.56. The summed E-state index contributed by atoms with van der Waals surface area (Å²) in [5.74, 6) is 0.849. The summed E-state index contributed by atoms with van der Waals surface area (Å²) in [4.78, 5) is 6.55. The van der Waals surface area contributed by atoms with Gasteiger partial charge in [0.25, 0.3) is 0 Å². The monoisotopic (exact) mass is 216 g/mol. The Morgan fingerprint density at radius 3 is 2.62 bits per heavy atom. The molecule has 0 saturated carbocycles. The molecule has 1 heterocycles. The van der Waals surface area contributed by atoms with Crippen molar-refractivity contribution in [2.24, 2.45) is 0 Å². The van der Waals surface area contributed by atoms with Gasteiger partial charge in [-0.05, 0) is 18.2 Å². The lowest BCUT2D eigenvalue weighted by atomic mass is 10.1. The Labute approximate surface area is 95.1 Å². The molecular formula is C12H16N4. The van der Waals surface area contributed by atoms with Gasteiger partial charge in [-0.2, -0.15) is 0 Å². The molecule has 1 aromatic carbocycles. The van der Waals surface area contributed by atoms with Crippen molar-refractivity contribution in [2.45, 2.75) is 0 Å². The zero-order valence-electron chi connectivity index (χ0n) is 9.78. The van der Waals surface area contributed by atoms with Gasteiger partial charge in [0.2, 0.25) is 0 Å². The van der Waals surface area contributed by atoms with Crippen LogP contribution in [0.5, 0.6) is 0 Å². The number of aromatic nitrogens is 1. The minimum atomic E-state index is 0.734. The van der Waals surface area contributed by atoms with E-state index in [-0.39, 0.29) is 0 Å². The number of pyridine rings is 1. The highest BCUT2D eigenvalue weighted by Crippen LogP contribution is 2.28. The SMILES string of the molecule is CNc1cc(N(C)C)c2ccc(N)cc2n1. The van der Waals surface area contributed by atoms with Crippen LogP contribution in [0.4, 0.5) is 17.2 Å². The molecule has 0 aliphatic rings. The Balaban J connectivity index is 2.76. The number of nitrogens with two attached hydrogens (primary N) is 1. The molecule has 0 spiro atoms. The van der Waals surface area contributed by atoms with E-state index in [1.807, 2.05) is 45.4 Å². The van der Waals surface area contributed by atoms with Gasteiger partial charge in [-0.25, -0.2) is 4.98 Å². The van der Waals surface area contributed by atoms with Crippen LogP contribution in [0.15, 0.2) is 24.3 Å². The van der Waals surface area contributed by atoms with E-state index in [0.29, 0.717) is 0 Å². The molecule has 0 aliphatic carbocycles. The maximum Gasteiger partial charge on any atom is 0.128 e. The first-order valence-corrected chi connectivity index (χ1v) is 5.17. The molecule has 3 N–H and O–H groups in total. The van der Waals surface area contributed by atoms with Gasteiger partial charge in [-0.1, -0.05) is 0 Å². The summed E-state index contributed by atoms with van der Waals surface area (Å²) in [5, 5.41) is 4.16. The number of nitrogens with zero attached hydrogens (tertiary/aromatic N) is 2. The quantitative estimate of drug-likeness (QED) is 0.753. The third kappa shape index (κ3) is 1.74. The van der Waals surface area contributed by atoms with Crippen molar-refractivity contribution in [2.75, 3.05) is 37.1 Å². The van der Waals surface area contributed by atoms with Crippen LogP contribution >= 0.6 is 0 Å². The molecule has 4 nitrogen and oxygen atoms in total. The van der Waals surface area contributed by atoms with E-state index in [2.05, 4.69) is 15.2 Å². The molecule has 2 rings (SSSR count). The Bertz CT molecular complexity index is 520. The highest BCUT2D eigenvalue weighted by Gasteiger charge is 2.06. The molecule has 1 aromatic heterocycles. The zero-order chi connectivity index (χ0) is 11.7. The largest absolute Gasteiger partial charge is 0.399 e. The Morgan fingerprint density at radius 1 is 1.25 bits per heavy atom. The van der Waals surface area contributed by atoms with E-state index >= 15 is 0 Å². The van der Waals surface area contributed by atoms with Crippen molar-refractivity contribution in [3.8, 4) is 0 Å². The standard InChI is InChI=1S/C12H16N4/c1-14-12-7-11(16(2)3)9-5-4-8(13)6-10(9)15-12/h4-7H,13H2,1-3H3,(H,14,15). The smallest absolute Gasteiger partial charge is 0.128 e. The number of rotatable bonds is 2. The molecule has 84 valence electrons. The summed E-state index contributed by atoms with van der Waals surface area (Å²) >= 11 is 0. The van der Waals surface area contributed by atoms with Gasteiger partial charge in [0.05, 0.1) is 5.52 Å². The molecule has 4 heteroatoms. The normalized spacial score (nSPS) is 10.4. The molecular weight excluding hydrogens is 200 g/mol. The highest BCUT2D eigenvalue weighted by molar-refractivity contribution is 5.94. The van der Waals surface area contributed by atoms with Crippen molar-refractivity contribution >= 4 is 28.1 Å². The van der Waals surface area contributed by atoms with Gasteiger partial charge in [-0.3, -0.25) is 0 Å². The van der Waals surface area contributed by atoms with Crippen LogP contribution in [0, 0.1) is 0 Å². The molecule has 0 aliphatic heterocycles. The maximum atomic E-state index is 5.77. The molecule has 0 fully saturated rings. The van der Waals surface area contributed by atoms with Gasteiger partial charge < -0.3 is 16.0 Å². The number of hydrogen-bond acceptors (Lipinski definition) is 4. The molecule has 16 heavy (non-hydrogen) atoms. The van der Waals surface area contributed by atoms with E-state index in [0.717, 1.165) is 28.1 Å². The lowest BCUT2D eigenvalue weighted by molar-refractivity contribution is 1.14. The molecule has 0 amide bonds. The van der Waals surface area contributed by atoms with E-state index in [1.165, 1.54) is 0 Å². The fraction of sp³-hybridized carbons (Fsp3) is 0.250. The number of hydrogen-bond donors (Lipinski definition) is 2. The second-order valence-electron chi connectivity index (χ2n) is 3.95. The van der Waals surface area contributed by atoms with Crippen molar-refractivity contribution < 1.29 is 0 Å². The number of nitrogen functional groups attached to an aromatic ring is 1. The lowest BCUT2D eigenvalue weighted by Gasteiger charge is -2.16. The van der Waals surface area contributed by atoms with E-state index in [4.69, 9.17) is 5.73 Å². The van der Waals surface area contributed by atoms with Crippen molar-refractivity contribution in [3.63, 3.8) is 0 Å². The van der Waals surface area contributed by atoms with Crippen molar-refractivity contribution in [3.05, 3.63) is 24.3 Å². The number of fused-ring (bicyclic) bond motifs is 1.